The lowest BCUT2D eigenvalue weighted by molar-refractivity contribution is 0.0696. The number of fused-ring (bicyclic) bond motifs is 1. The summed E-state index contributed by atoms with van der Waals surface area (Å²) in [5.74, 6) is -1.44. The van der Waals surface area contributed by atoms with E-state index < -0.39 is 11.9 Å². The van der Waals surface area contributed by atoms with E-state index in [-0.39, 0.29) is 27.8 Å². The molecular weight excluding hydrogens is 334 g/mol. The largest absolute Gasteiger partial charge is 0.493 e. The van der Waals surface area contributed by atoms with Crippen molar-refractivity contribution < 1.29 is 23.8 Å². The molecule has 122 valence electrons. The van der Waals surface area contributed by atoms with Gasteiger partial charge < -0.3 is 19.6 Å². The minimum absolute atomic E-state index is 0.0688. The van der Waals surface area contributed by atoms with Crippen molar-refractivity contribution in [3.63, 3.8) is 0 Å². The zero-order valence-electron chi connectivity index (χ0n) is 12.5. The molecule has 0 radical (unpaired) electrons. The number of ether oxygens (including phenoxy) is 1. The van der Waals surface area contributed by atoms with Gasteiger partial charge in [-0.15, -0.1) is 0 Å². The molecule has 0 saturated carbocycles. The van der Waals surface area contributed by atoms with E-state index >= 15 is 0 Å². The summed E-state index contributed by atoms with van der Waals surface area (Å²) in [6.07, 6.45) is 0. The van der Waals surface area contributed by atoms with Gasteiger partial charge in [0.25, 0.3) is 5.91 Å². The van der Waals surface area contributed by atoms with Gasteiger partial charge in [0.05, 0.1) is 23.4 Å². The van der Waals surface area contributed by atoms with Crippen LogP contribution in [0.15, 0.2) is 46.9 Å². The Morgan fingerprint density at radius 1 is 1.21 bits per heavy atom. The average Bonchev–Trinajstić information content (AvgIpc) is 2.98. The van der Waals surface area contributed by atoms with Crippen molar-refractivity contribution in [2.45, 2.75) is 0 Å². The first-order valence-corrected chi connectivity index (χ1v) is 7.28. The second kappa shape index (κ2) is 6.25. The molecule has 3 aromatic rings. The number of carboxylic acid groups (broad SMARTS) is 1. The van der Waals surface area contributed by atoms with Crippen LogP contribution in [0, 0.1) is 0 Å². The fourth-order valence-corrected chi connectivity index (χ4v) is 2.59. The van der Waals surface area contributed by atoms with Gasteiger partial charge in [0.15, 0.2) is 11.5 Å². The predicted octanol–water partition coefficient (Wildman–Crippen LogP) is 4.05. The summed E-state index contributed by atoms with van der Waals surface area (Å²) in [7, 11) is 1.37. The lowest BCUT2D eigenvalue weighted by Gasteiger charge is -2.12. The number of furan rings is 1. The van der Waals surface area contributed by atoms with E-state index in [0.29, 0.717) is 5.58 Å². The van der Waals surface area contributed by atoms with Crippen LogP contribution in [-0.4, -0.2) is 24.1 Å². The maximum atomic E-state index is 12.4. The van der Waals surface area contributed by atoms with Gasteiger partial charge in [-0.2, -0.15) is 0 Å². The third-order valence-electron chi connectivity index (χ3n) is 3.39. The molecule has 1 aromatic heterocycles. The number of hydrogen-bond acceptors (Lipinski definition) is 4. The van der Waals surface area contributed by atoms with Crippen LogP contribution < -0.4 is 10.1 Å². The summed E-state index contributed by atoms with van der Waals surface area (Å²) in [5.41, 5.74) is 0.653. The molecule has 3 rings (SSSR count). The Balaban J connectivity index is 1.97. The first kappa shape index (κ1) is 15.9. The first-order chi connectivity index (χ1) is 11.5. The number of methoxy groups -OCH3 is 1. The number of benzene rings is 2. The number of aromatic carboxylic acids is 1. The lowest BCUT2D eigenvalue weighted by atomic mass is 10.1. The Bertz CT molecular complexity index is 914. The van der Waals surface area contributed by atoms with Gasteiger partial charge in [-0.05, 0) is 24.3 Å². The summed E-state index contributed by atoms with van der Waals surface area (Å²) in [4.78, 5) is 23.5. The van der Waals surface area contributed by atoms with Gasteiger partial charge in [-0.25, -0.2) is 4.79 Å². The Hall–Kier alpha value is -2.99. The maximum Gasteiger partial charge on any atom is 0.335 e. The molecule has 6 nitrogen and oxygen atoms in total. The van der Waals surface area contributed by atoms with Crippen LogP contribution in [0.1, 0.15) is 20.9 Å². The molecule has 0 bridgehead atoms. The smallest absolute Gasteiger partial charge is 0.335 e. The lowest BCUT2D eigenvalue weighted by Crippen LogP contribution is -2.12. The van der Waals surface area contributed by atoms with Crippen LogP contribution in [0.2, 0.25) is 5.02 Å². The number of amides is 1. The van der Waals surface area contributed by atoms with Gasteiger partial charge in [0.2, 0.25) is 0 Å². The molecule has 0 aliphatic carbocycles. The molecule has 7 heteroatoms. The fraction of sp³-hybridized carbons (Fsp3) is 0.0588. The highest BCUT2D eigenvalue weighted by molar-refractivity contribution is 6.33. The highest BCUT2D eigenvalue weighted by Crippen LogP contribution is 2.35. The number of hydrogen-bond donors (Lipinski definition) is 2. The van der Waals surface area contributed by atoms with E-state index in [1.54, 1.807) is 18.2 Å². The number of carbonyl (C=O) groups excluding carboxylic acids is 1. The summed E-state index contributed by atoms with van der Waals surface area (Å²) < 4.78 is 10.6. The molecule has 24 heavy (non-hydrogen) atoms. The van der Waals surface area contributed by atoms with E-state index in [0.717, 1.165) is 5.39 Å². The Morgan fingerprint density at radius 3 is 2.62 bits per heavy atom. The number of nitrogens with one attached hydrogen (secondary N) is 1. The average molecular weight is 346 g/mol. The van der Waals surface area contributed by atoms with Crippen LogP contribution in [-0.2, 0) is 0 Å². The van der Waals surface area contributed by atoms with Gasteiger partial charge >= 0.3 is 5.97 Å². The van der Waals surface area contributed by atoms with Crippen molar-refractivity contribution in [2.75, 3.05) is 12.4 Å². The number of rotatable bonds is 4. The Kier molecular flexibility index (Phi) is 4.14. The van der Waals surface area contributed by atoms with Crippen molar-refractivity contribution in [3.8, 4) is 5.75 Å². The Morgan fingerprint density at radius 2 is 1.96 bits per heavy atom. The highest BCUT2D eigenvalue weighted by atomic mass is 35.5. The standard InChI is InChI=1S/C17H12ClNO5/c1-23-15-11(18)6-10(17(21)22)7-12(15)19-16(20)14-8-9-4-2-3-5-13(9)24-14/h2-8H,1H3,(H,19,20)(H,21,22). The van der Waals surface area contributed by atoms with Gasteiger partial charge in [0.1, 0.15) is 5.58 Å². The number of carbonyl (C=O) groups is 2. The molecule has 0 saturated heterocycles. The molecule has 1 heterocycles. The monoisotopic (exact) mass is 345 g/mol. The third-order valence-corrected chi connectivity index (χ3v) is 3.67. The maximum absolute atomic E-state index is 12.4. The molecular formula is C17H12ClNO5. The summed E-state index contributed by atoms with van der Waals surface area (Å²) in [6.45, 7) is 0. The first-order valence-electron chi connectivity index (χ1n) is 6.90. The van der Waals surface area contributed by atoms with Crippen LogP contribution >= 0.6 is 11.6 Å². The summed E-state index contributed by atoms with van der Waals surface area (Å²) >= 11 is 6.01. The van der Waals surface area contributed by atoms with Crippen LogP contribution in [0.4, 0.5) is 5.69 Å². The highest BCUT2D eigenvalue weighted by Gasteiger charge is 2.18. The predicted molar refractivity (Wildman–Crippen MR) is 89.1 cm³/mol. The van der Waals surface area contributed by atoms with Crippen molar-refractivity contribution in [3.05, 3.63) is 58.8 Å². The number of anilines is 1. The molecule has 0 unspecified atom stereocenters. The van der Waals surface area contributed by atoms with Crippen molar-refractivity contribution >= 4 is 40.1 Å². The number of carboxylic acids is 1. The van der Waals surface area contributed by atoms with Gasteiger partial charge in [0, 0.05) is 5.39 Å². The van der Waals surface area contributed by atoms with Crippen LogP contribution in [0.25, 0.3) is 11.0 Å². The minimum atomic E-state index is -1.17. The van der Waals surface area contributed by atoms with Crippen molar-refractivity contribution in [1.29, 1.82) is 0 Å². The molecule has 0 aliphatic heterocycles. The zero-order valence-corrected chi connectivity index (χ0v) is 13.3. The molecule has 0 atom stereocenters. The molecule has 1 amide bonds. The second-order valence-electron chi connectivity index (χ2n) is 4.95. The Labute approximate surface area is 141 Å². The normalized spacial score (nSPS) is 10.6. The van der Waals surface area contributed by atoms with E-state index in [1.807, 2.05) is 12.1 Å². The SMILES string of the molecule is COc1c(Cl)cc(C(=O)O)cc1NC(=O)c1cc2ccccc2o1. The van der Waals surface area contributed by atoms with Gasteiger partial charge in [-0.3, -0.25) is 4.79 Å². The number of para-hydroxylation sites is 1. The van der Waals surface area contributed by atoms with Crippen LogP contribution in [0.3, 0.4) is 0 Å². The zero-order chi connectivity index (χ0) is 17.3. The van der Waals surface area contributed by atoms with E-state index in [1.165, 1.54) is 19.2 Å². The molecule has 2 N–H and O–H groups in total. The summed E-state index contributed by atoms with van der Waals surface area (Å²) in [6, 6.07) is 11.3. The minimum Gasteiger partial charge on any atom is -0.493 e. The van der Waals surface area contributed by atoms with E-state index in [4.69, 9.17) is 25.9 Å². The quantitative estimate of drug-likeness (QED) is 0.744. The van der Waals surface area contributed by atoms with E-state index in [2.05, 4.69) is 5.32 Å². The molecule has 0 aliphatic rings. The molecule has 0 spiro atoms. The topological polar surface area (TPSA) is 88.8 Å². The van der Waals surface area contributed by atoms with Crippen LogP contribution in [0.5, 0.6) is 5.75 Å². The van der Waals surface area contributed by atoms with Crippen molar-refractivity contribution in [2.24, 2.45) is 0 Å². The van der Waals surface area contributed by atoms with Gasteiger partial charge in [-0.1, -0.05) is 29.8 Å². The van der Waals surface area contributed by atoms with Crippen molar-refractivity contribution in [1.82, 2.24) is 0 Å². The second-order valence-corrected chi connectivity index (χ2v) is 5.35. The number of halogens is 1. The van der Waals surface area contributed by atoms with E-state index in [9.17, 15) is 9.59 Å². The molecule has 2 aromatic carbocycles. The summed E-state index contributed by atoms with van der Waals surface area (Å²) in [5, 5.41) is 12.5. The fourth-order valence-electron chi connectivity index (χ4n) is 2.29. The third kappa shape index (κ3) is 2.91. The molecule has 0 fully saturated rings.